The molecule has 0 amide bonds. The van der Waals surface area contributed by atoms with Crippen molar-refractivity contribution in [3.05, 3.63) is 58.9 Å². The molecule has 3 heterocycles. The third kappa shape index (κ3) is 2.70. The van der Waals surface area contributed by atoms with Crippen LogP contribution in [0.1, 0.15) is 18.9 Å². The van der Waals surface area contributed by atoms with E-state index in [0.717, 1.165) is 31.6 Å². The van der Waals surface area contributed by atoms with E-state index in [4.69, 9.17) is 0 Å². The number of benzene rings is 1. The van der Waals surface area contributed by atoms with E-state index in [0.29, 0.717) is 22.3 Å². The zero-order valence-electron chi connectivity index (χ0n) is 15.0. The number of anilines is 2. The third-order valence-electron chi connectivity index (χ3n) is 5.69. The van der Waals surface area contributed by atoms with Crippen molar-refractivity contribution in [2.45, 2.75) is 18.9 Å². The number of halogens is 1. The molecule has 1 saturated heterocycles. The van der Waals surface area contributed by atoms with E-state index >= 15 is 0 Å². The molecule has 6 nitrogen and oxygen atoms in total. The van der Waals surface area contributed by atoms with E-state index in [9.17, 15) is 9.18 Å². The molecule has 0 atom stereocenters. The van der Waals surface area contributed by atoms with Gasteiger partial charge in [0.25, 0.3) is 5.56 Å². The van der Waals surface area contributed by atoms with Gasteiger partial charge in [0.05, 0.1) is 22.8 Å². The number of hydrogen-bond acceptors (Lipinski definition) is 5. The predicted molar refractivity (Wildman–Crippen MR) is 102 cm³/mol. The zero-order chi connectivity index (χ0) is 18.6. The Morgan fingerprint density at radius 3 is 2.78 bits per heavy atom. The average Bonchev–Trinajstić information content (AvgIpc) is 2.60. The van der Waals surface area contributed by atoms with Crippen LogP contribution in [0.4, 0.5) is 16.0 Å². The summed E-state index contributed by atoms with van der Waals surface area (Å²) in [7, 11) is 2.11. The Morgan fingerprint density at radius 2 is 2.07 bits per heavy atom. The van der Waals surface area contributed by atoms with Gasteiger partial charge >= 0.3 is 0 Å². The van der Waals surface area contributed by atoms with Crippen molar-refractivity contribution in [2.24, 2.45) is 5.41 Å². The first-order valence-corrected chi connectivity index (χ1v) is 9.10. The van der Waals surface area contributed by atoms with Crippen LogP contribution in [0.2, 0.25) is 0 Å². The lowest BCUT2D eigenvalue weighted by Crippen LogP contribution is -2.61. The Morgan fingerprint density at radius 1 is 1.26 bits per heavy atom. The summed E-state index contributed by atoms with van der Waals surface area (Å²) in [6.45, 7) is 2.14. The second-order valence-electron chi connectivity index (χ2n) is 7.87. The normalized spacial score (nSPS) is 19.0. The Bertz CT molecular complexity index is 1070. The van der Waals surface area contributed by atoms with Crippen molar-refractivity contribution in [1.29, 1.82) is 0 Å². The van der Waals surface area contributed by atoms with Crippen LogP contribution in [0.5, 0.6) is 0 Å². The van der Waals surface area contributed by atoms with Crippen LogP contribution in [0.15, 0.2) is 47.5 Å². The highest BCUT2D eigenvalue weighted by atomic mass is 19.1. The maximum atomic E-state index is 13.7. The number of fused-ring (bicyclic) bond motifs is 1. The number of aromatic nitrogens is 3. The largest absolute Gasteiger partial charge is 0.324 e. The summed E-state index contributed by atoms with van der Waals surface area (Å²) in [6.07, 6.45) is 5.27. The monoisotopic (exact) mass is 365 g/mol. The van der Waals surface area contributed by atoms with Gasteiger partial charge in [-0.1, -0.05) is 0 Å². The topological polar surface area (TPSA) is 63.1 Å². The Labute approximate surface area is 155 Å². The first-order chi connectivity index (χ1) is 13.0. The fourth-order valence-electron chi connectivity index (χ4n) is 4.64. The quantitative estimate of drug-likeness (QED) is 0.773. The molecule has 1 saturated carbocycles. The van der Waals surface area contributed by atoms with Gasteiger partial charge in [0.15, 0.2) is 0 Å². The molecule has 2 aromatic heterocycles. The molecule has 1 N–H and O–H groups in total. The Balaban J connectivity index is 1.59. The number of likely N-dealkylation sites (tertiary alicyclic amines) is 1. The second kappa shape index (κ2) is 5.85. The van der Waals surface area contributed by atoms with Gasteiger partial charge < -0.3 is 10.2 Å². The van der Waals surface area contributed by atoms with E-state index in [1.165, 1.54) is 12.1 Å². The van der Waals surface area contributed by atoms with Gasteiger partial charge in [0.1, 0.15) is 5.82 Å². The highest BCUT2D eigenvalue weighted by Crippen LogP contribution is 2.53. The van der Waals surface area contributed by atoms with Crippen molar-refractivity contribution in [1.82, 2.24) is 19.4 Å². The molecule has 7 heteroatoms. The van der Waals surface area contributed by atoms with E-state index in [1.54, 1.807) is 23.0 Å². The van der Waals surface area contributed by atoms with E-state index in [1.807, 2.05) is 12.1 Å². The minimum Gasteiger partial charge on any atom is -0.324 e. The minimum absolute atomic E-state index is 0.0746. The van der Waals surface area contributed by atoms with Crippen LogP contribution in [0.25, 0.3) is 10.9 Å². The molecule has 2 aliphatic rings. The van der Waals surface area contributed by atoms with Gasteiger partial charge in [-0.25, -0.2) is 9.37 Å². The lowest BCUT2D eigenvalue weighted by atomic mass is 9.61. The molecule has 0 radical (unpaired) electrons. The first kappa shape index (κ1) is 16.4. The second-order valence-corrected chi connectivity index (χ2v) is 7.87. The molecule has 0 bridgehead atoms. The van der Waals surface area contributed by atoms with Crippen LogP contribution in [0.3, 0.4) is 0 Å². The highest BCUT2D eigenvalue weighted by molar-refractivity contribution is 5.79. The van der Waals surface area contributed by atoms with Crippen LogP contribution < -0.4 is 10.9 Å². The fourth-order valence-corrected chi connectivity index (χ4v) is 4.64. The summed E-state index contributed by atoms with van der Waals surface area (Å²) in [5.41, 5.74) is 1.37. The van der Waals surface area contributed by atoms with Crippen molar-refractivity contribution >= 4 is 22.5 Å². The molecule has 1 aromatic carbocycles. The number of nitrogens with zero attached hydrogens (tertiary/aromatic N) is 4. The van der Waals surface area contributed by atoms with E-state index in [-0.39, 0.29) is 11.6 Å². The number of nitrogens with one attached hydrogen (secondary N) is 1. The molecule has 5 rings (SSSR count). The van der Waals surface area contributed by atoms with Gasteiger partial charge in [-0.15, -0.1) is 0 Å². The summed E-state index contributed by atoms with van der Waals surface area (Å²) < 4.78 is 15.4. The van der Waals surface area contributed by atoms with Gasteiger partial charge in [-0.2, -0.15) is 0 Å². The SMILES string of the molecule is CN1CC2(CC(n3c(Nc4cccnc4)nc4ccc(F)cc4c3=O)C2)C1. The zero-order valence-corrected chi connectivity index (χ0v) is 15.0. The molecule has 1 aliphatic heterocycles. The van der Waals surface area contributed by atoms with Crippen molar-refractivity contribution < 1.29 is 4.39 Å². The molecule has 1 aliphatic carbocycles. The Kier molecular flexibility index (Phi) is 3.55. The summed E-state index contributed by atoms with van der Waals surface area (Å²) >= 11 is 0. The minimum atomic E-state index is -0.424. The number of hydrogen-bond donors (Lipinski definition) is 1. The Hall–Kier alpha value is -2.80. The summed E-state index contributed by atoms with van der Waals surface area (Å²) in [4.78, 5) is 24.2. The molecule has 27 heavy (non-hydrogen) atoms. The third-order valence-corrected chi connectivity index (χ3v) is 5.69. The first-order valence-electron chi connectivity index (χ1n) is 9.10. The van der Waals surface area contributed by atoms with E-state index in [2.05, 4.69) is 27.2 Å². The molecular weight excluding hydrogens is 345 g/mol. The number of pyridine rings is 1. The van der Waals surface area contributed by atoms with Crippen LogP contribution >= 0.6 is 0 Å². The van der Waals surface area contributed by atoms with E-state index < -0.39 is 5.82 Å². The fraction of sp³-hybridized carbons (Fsp3) is 0.350. The molecule has 2 fully saturated rings. The molecule has 0 unspecified atom stereocenters. The van der Waals surface area contributed by atoms with Crippen molar-refractivity contribution in [3.63, 3.8) is 0 Å². The summed E-state index contributed by atoms with van der Waals surface area (Å²) in [5.74, 6) is 0.0613. The van der Waals surface area contributed by atoms with Crippen molar-refractivity contribution in [3.8, 4) is 0 Å². The van der Waals surface area contributed by atoms with Crippen molar-refractivity contribution in [2.75, 3.05) is 25.5 Å². The smallest absolute Gasteiger partial charge is 0.263 e. The number of rotatable bonds is 3. The lowest BCUT2D eigenvalue weighted by Gasteiger charge is -2.58. The summed E-state index contributed by atoms with van der Waals surface area (Å²) in [5, 5.41) is 3.54. The van der Waals surface area contributed by atoms with Gasteiger partial charge in [-0.05, 0) is 55.6 Å². The maximum absolute atomic E-state index is 13.7. The standard InChI is InChI=1S/C20H20FN5O/c1-25-11-20(12-25)8-15(9-20)26-18(27)16-7-13(21)4-5-17(16)24-19(26)23-14-3-2-6-22-10-14/h2-7,10,15H,8-9,11-12H2,1H3,(H,23,24). The van der Waals surface area contributed by atoms with Crippen LogP contribution in [0, 0.1) is 11.2 Å². The predicted octanol–water partition coefficient (Wildman–Crippen LogP) is 2.94. The van der Waals surface area contributed by atoms with Gasteiger partial charge in [-0.3, -0.25) is 14.3 Å². The van der Waals surface area contributed by atoms with Crippen LogP contribution in [-0.2, 0) is 0 Å². The van der Waals surface area contributed by atoms with Gasteiger partial charge in [0.2, 0.25) is 5.95 Å². The molecule has 3 aromatic rings. The molecule has 1 spiro atoms. The molecular formula is C20H20FN5O. The average molecular weight is 365 g/mol. The maximum Gasteiger partial charge on any atom is 0.263 e. The molecule has 138 valence electrons. The highest BCUT2D eigenvalue weighted by Gasteiger charge is 2.52. The summed E-state index contributed by atoms with van der Waals surface area (Å²) in [6, 6.07) is 7.93. The van der Waals surface area contributed by atoms with Crippen LogP contribution in [-0.4, -0.2) is 39.6 Å². The van der Waals surface area contributed by atoms with Gasteiger partial charge in [0, 0.05) is 25.3 Å². The lowest BCUT2D eigenvalue weighted by molar-refractivity contribution is -0.0760.